The van der Waals surface area contributed by atoms with Crippen LogP contribution in [0.15, 0.2) is 0 Å². The summed E-state index contributed by atoms with van der Waals surface area (Å²) in [5.41, 5.74) is 0.607. The second kappa shape index (κ2) is 3.84. The summed E-state index contributed by atoms with van der Waals surface area (Å²) in [4.78, 5) is 0. The maximum atomic E-state index is 3.68. The predicted octanol–water partition coefficient (Wildman–Crippen LogP) is 3.20. The lowest BCUT2D eigenvalue weighted by atomic mass is 9.68. The molecule has 0 aromatic carbocycles. The van der Waals surface area contributed by atoms with E-state index in [1.165, 1.54) is 38.6 Å². The van der Waals surface area contributed by atoms with Gasteiger partial charge in [-0.2, -0.15) is 0 Å². The van der Waals surface area contributed by atoms with Crippen LogP contribution < -0.4 is 5.32 Å². The molecule has 2 atom stereocenters. The molecule has 14 heavy (non-hydrogen) atoms. The zero-order valence-corrected chi connectivity index (χ0v) is 9.97. The van der Waals surface area contributed by atoms with E-state index in [1.54, 1.807) is 0 Å². The first-order valence-electron chi connectivity index (χ1n) is 6.30. The molecule has 0 amide bonds. The Balaban J connectivity index is 1.76. The summed E-state index contributed by atoms with van der Waals surface area (Å²) >= 11 is 0. The fourth-order valence-electron chi connectivity index (χ4n) is 2.91. The Morgan fingerprint density at radius 1 is 1.21 bits per heavy atom. The van der Waals surface area contributed by atoms with E-state index in [-0.39, 0.29) is 0 Å². The van der Waals surface area contributed by atoms with E-state index in [0.717, 1.165) is 17.9 Å². The van der Waals surface area contributed by atoms with Gasteiger partial charge < -0.3 is 5.32 Å². The summed E-state index contributed by atoms with van der Waals surface area (Å²) in [6, 6.07) is 0.886. The van der Waals surface area contributed by atoms with Crippen molar-refractivity contribution >= 4 is 0 Å². The molecule has 82 valence electrons. The van der Waals surface area contributed by atoms with Crippen LogP contribution in [0.3, 0.4) is 0 Å². The molecule has 0 aromatic heterocycles. The fourth-order valence-corrected chi connectivity index (χ4v) is 2.91. The third-order valence-electron chi connectivity index (χ3n) is 4.12. The van der Waals surface area contributed by atoms with Crippen molar-refractivity contribution in [3.05, 3.63) is 0 Å². The minimum absolute atomic E-state index is 0.607. The van der Waals surface area contributed by atoms with Crippen molar-refractivity contribution in [2.75, 3.05) is 6.54 Å². The van der Waals surface area contributed by atoms with Crippen molar-refractivity contribution in [1.29, 1.82) is 0 Å². The molecule has 1 heteroatoms. The van der Waals surface area contributed by atoms with Crippen molar-refractivity contribution < 1.29 is 0 Å². The highest BCUT2D eigenvalue weighted by Gasteiger charge is 2.33. The first kappa shape index (κ1) is 10.5. The molecule has 2 fully saturated rings. The van der Waals surface area contributed by atoms with Crippen LogP contribution in [0.4, 0.5) is 0 Å². The maximum absolute atomic E-state index is 3.68. The molecule has 2 rings (SSSR count). The number of hydrogen-bond donors (Lipinski definition) is 1. The summed E-state index contributed by atoms with van der Waals surface area (Å²) in [5, 5.41) is 3.68. The van der Waals surface area contributed by atoms with Gasteiger partial charge in [-0.1, -0.05) is 20.8 Å². The SMILES string of the molecule is CC1CC(C)(C)CCC1CNC1CC1. The standard InChI is InChI=1S/C13H25N/c1-10-8-13(2,3)7-6-11(10)9-14-12-4-5-12/h10-12,14H,4-9H2,1-3H3. The van der Waals surface area contributed by atoms with Crippen molar-refractivity contribution in [2.24, 2.45) is 17.3 Å². The quantitative estimate of drug-likeness (QED) is 0.729. The van der Waals surface area contributed by atoms with E-state index < -0.39 is 0 Å². The molecule has 1 N–H and O–H groups in total. The number of hydrogen-bond acceptors (Lipinski definition) is 1. The molecule has 0 spiro atoms. The Kier molecular flexibility index (Phi) is 2.88. The average Bonchev–Trinajstić information content (AvgIpc) is 2.85. The minimum Gasteiger partial charge on any atom is -0.314 e. The monoisotopic (exact) mass is 195 g/mol. The topological polar surface area (TPSA) is 12.0 Å². The minimum atomic E-state index is 0.607. The predicted molar refractivity (Wildman–Crippen MR) is 61.3 cm³/mol. The number of rotatable bonds is 3. The molecule has 2 saturated carbocycles. The molecule has 0 aliphatic heterocycles. The van der Waals surface area contributed by atoms with Crippen LogP contribution in [-0.4, -0.2) is 12.6 Å². The van der Waals surface area contributed by atoms with Crippen LogP contribution in [0.1, 0.15) is 52.9 Å². The molecule has 2 aliphatic rings. The first-order chi connectivity index (χ1) is 6.57. The van der Waals surface area contributed by atoms with Gasteiger partial charge in [0.25, 0.3) is 0 Å². The van der Waals surface area contributed by atoms with Gasteiger partial charge in [-0.15, -0.1) is 0 Å². The second-order valence-corrected chi connectivity index (χ2v) is 6.33. The molecule has 0 aromatic rings. The summed E-state index contributed by atoms with van der Waals surface area (Å²) < 4.78 is 0. The Labute approximate surface area is 88.7 Å². The van der Waals surface area contributed by atoms with Gasteiger partial charge in [0.2, 0.25) is 0 Å². The third kappa shape index (κ3) is 2.73. The van der Waals surface area contributed by atoms with Crippen molar-refractivity contribution in [3.8, 4) is 0 Å². The van der Waals surface area contributed by atoms with Crippen LogP contribution in [-0.2, 0) is 0 Å². The molecule has 2 unspecified atom stereocenters. The van der Waals surface area contributed by atoms with Gasteiger partial charge in [-0.05, 0) is 55.9 Å². The zero-order chi connectivity index (χ0) is 10.2. The fraction of sp³-hybridized carbons (Fsp3) is 1.00. The van der Waals surface area contributed by atoms with E-state index in [9.17, 15) is 0 Å². The van der Waals surface area contributed by atoms with E-state index in [1.807, 2.05) is 0 Å². The van der Waals surface area contributed by atoms with E-state index in [4.69, 9.17) is 0 Å². The normalized spacial score (nSPS) is 37.1. The molecule has 0 saturated heterocycles. The van der Waals surface area contributed by atoms with Gasteiger partial charge in [0.05, 0.1) is 0 Å². The molecule has 0 heterocycles. The van der Waals surface area contributed by atoms with Gasteiger partial charge in [0, 0.05) is 6.04 Å². The van der Waals surface area contributed by atoms with Crippen LogP contribution in [0, 0.1) is 17.3 Å². The van der Waals surface area contributed by atoms with Crippen LogP contribution in [0.5, 0.6) is 0 Å². The van der Waals surface area contributed by atoms with Gasteiger partial charge >= 0.3 is 0 Å². The van der Waals surface area contributed by atoms with Crippen LogP contribution >= 0.6 is 0 Å². The van der Waals surface area contributed by atoms with E-state index >= 15 is 0 Å². The summed E-state index contributed by atoms with van der Waals surface area (Å²) in [5.74, 6) is 1.87. The maximum Gasteiger partial charge on any atom is 0.00683 e. The van der Waals surface area contributed by atoms with E-state index in [2.05, 4.69) is 26.1 Å². The lowest BCUT2D eigenvalue weighted by Crippen LogP contribution is -2.35. The summed E-state index contributed by atoms with van der Waals surface area (Å²) in [6.07, 6.45) is 7.13. The molecular weight excluding hydrogens is 170 g/mol. The van der Waals surface area contributed by atoms with Crippen molar-refractivity contribution in [3.63, 3.8) is 0 Å². The molecule has 0 radical (unpaired) electrons. The zero-order valence-electron chi connectivity index (χ0n) is 9.97. The Hall–Kier alpha value is -0.0400. The van der Waals surface area contributed by atoms with Gasteiger partial charge in [-0.3, -0.25) is 0 Å². The van der Waals surface area contributed by atoms with Gasteiger partial charge in [0.15, 0.2) is 0 Å². The highest BCUT2D eigenvalue weighted by molar-refractivity contribution is 4.87. The Morgan fingerprint density at radius 3 is 2.50 bits per heavy atom. The average molecular weight is 195 g/mol. The largest absolute Gasteiger partial charge is 0.314 e. The van der Waals surface area contributed by atoms with Gasteiger partial charge in [0.1, 0.15) is 0 Å². The van der Waals surface area contributed by atoms with Gasteiger partial charge in [-0.25, -0.2) is 0 Å². The third-order valence-corrected chi connectivity index (χ3v) is 4.12. The highest BCUT2D eigenvalue weighted by atomic mass is 14.9. The van der Waals surface area contributed by atoms with Crippen LogP contribution in [0.2, 0.25) is 0 Å². The lowest BCUT2D eigenvalue weighted by molar-refractivity contribution is 0.127. The smallest absolute Gasteiger partial charge is 0.00683 e. The Morgan fingerprint density at radius 2 is 1.93 bits per heavy atom. The molecule has 1 nitrogen and oxygen atoms in total. The summed E-state index contributed by atoms with van der Waals surface area (Å²) in [7, 11) is 0. The van der Waals surface area contributed by atoms with Crippen LogP contribution in [0.25, 0.3) is 0 Å². The molecule has 0 bridgehead atoms. The van der Waals surface area contributed by atoms with Crippen molar-refractivity contribution in [1.82, 2.24) is 5.32 Å². The van der Waals surface area contributed by atoms with E-state index in [0.29, 0.717) is 5.41 Å². The molecular formula is C13H25N. The number of nitrogens with one attached hydrogen (secondary N) is 1. The molecule has 2 aliphatic carbocycles. The second-order valence-electron chi connectivity index (χ2n) is 6.33. The lowest BCUT2D eigenvalue weighted by Gasteiger charge is -2.39. The first-order valence-corrected chi connectivity index (χ1v) is 6.30. The Bertz CT molecular complexity index is 191. The highest BCUT2D eigenvalue weighted by Crippen LogP contribution is 2.41. The summed E-state index contributed by atoms with van der Waals surface area (Å²) in [6.45, 7) is 8.57. The van der Waals surface area contributed by atoms with Crippen molar-refractivity contribution in [2.45, 2.75) is 58.9 Å².